The van der Waals surface area contributed by atoms with Gasteiger partial charge in [0.2, 0.25) is 0 Å². The normalized spacial score (nSPS) is 10.4. The largest absolute Gasteiger partial charge is 0.322 e. The molecule has 0 unspecified atom stereocenters. The maximum atomic E-state index is 12.2. The van der Waals surface area contributed by atoms with Crippen molar-refractivity contribution in [1.82, 2.24) is 0 Å². The van der Waals surface area contributed by atoms with Crippen LogP contribution in [0.3, 0.4) is 0 Å². The van der Waals surface area contributed by atoms with Crippen molar-refractivity contribution in [2.24, 2.45) is 0 Å². The number of amides is 1. The predicted molar refractivity (Wildman–Crippen MR) is 83.4 cm³/mol. The fourth-order valence-electron chi connectivity index (χ4n) is 2.12. The number of anilines is 1. The Hall–Kier alpha value is -2.32. The van der Waals surface area contributed by atoms with Crippen molar-refractivity contribution in [3.8, 4) is 0 Å². The van der Waals surface area contributed by atoms with Crippen LogP contribution in [0.1, 0.15) is 10.4 Å². The van der Waals surface area contributed by atoms with Gasteiger partial charge in [0.05, 0.1) is 0 Å². The van der Waals surface area contributed by atoms with Crippen LogP contribution in [0.15, 0.2) is 66.7 Å². The van der Waals surface area contributed by atoms with Gasteiger partial charge in [-0.25, -0.2) is 0 Å². The van der Waals surface area contributed by atoms with Crippen molar-refractivity contribution in [3.63, 3.8) is 0 Å². The molecule has 0 aliphatic carbocycles. The summed E-state index contributed by atoms with van der Waals surface area (Å²) in [5.41, 5.74) is 1.32. The van der Waals surface area contributed by atoms with Crippen molar-refractivity contribution < 1.29 is 4.79 Å². The first-order chi connectivity index (χ1) is 9.74. The fraction of sp³-hybridized carbons (Fsp3) is 0. The summed E-state index contributed by atoms with van der Waals surface area (Å²) in [5, 5.41) is 5.34. The fourth-order valence-corrected chi connectivity index (χ4v) is 2.41. The van der Waals surface area contributed by atoms with Gasteiger partial charge < -0.3 is 5.32 Å². The Balaban J connectivity index is 1.96. The summed E-state index contributed by atoms with van der Waals surface area (Å²) in [6.45, 7) is 0. The van der Waals surface area contributed by atoms with E-state index >= 15 is 0 Å². The van der Waals surface area contributed by atoms with Gasteiger partial charge in [0.25, 0.3) is 5.91 Å². The van der Waals surface area contributed by atoms with Gasteiger partial charge in [-0.1, -0.05) is 54.1 Å². The first-order valence-electron chi connectivity index (χ1n) is 6.29. The zero-order valence-electron chi connectivity index (χ0n) is 10.6. The summed E-state index contributed by atoms with van der Waals surface area (Å²) in [6.07, 6.45) is 0. The minimum atomic E-state index is -0.163. The molecule has 0 heterocycles. The molecule has 98 valence electrons. The van der Waals surface area contributed by atoms with Gasteiger partial charge >= 0.3 is 0 Å². The molecule has 0 saturated carbocycles. The smallest absolute Gasteiger partial charge is 0.255 e. The number of carbonyl (C=O) groups is 1. The third kappa shape index (κ3) is 2.51. The molecule has 1 amide bonds. The highest BCUT2D eigenvalue weighted by atomic mass is 35.5. The van der Waals surface area contributed by atoms with Crippen LogP contribution in [0.2, 0.25) is 5.02 Å². The molecule has 0 radical (unpaired) electrons. The van der Waals surface area contributed by atoms with E-state index in [0.29, 0.717) is 10.6 Å². The number of hydrogen-bond donors (Lipinski definition) is 1. The van der Waals surface area contributed by atoms with Crippen LogP contribution in [0, 0.1) is 0 Å². The van der Waals surface area contributed by atoms with Gasteiger partial charge in [-0.15, -0.1) is 0 Å². The highest BCUT2D eigenvalue weighted by Crippen LogP contribution is 2.25. The average Bonchev–Trinajstić information content (AvgIpc) is 2.48. The summed E-state index contributed by atoms with van der Waals surface area (Å²) in [4.78, 5) is 12.2. The number of benzene rings is 3. The van der Waals surface area contributed by atoms with Crippen molar-refractivity contribution in [1.29, 1.82) is 0 Å². The molecule has 0 aromatic heterocycles. The second-order valence-electron chi connectivity index (χ2n) is 4.50. The Bertz CT molecular complexity index is 768. The lowest BCUT2D eigenvalue weighted by atomic mass is 10.1. The summed E-state index contributed by atoms with van der Waals surface area (Å²) < 4.78 is 0. The lowest BCUT2D eigenvalue weighted by Crippen LogP contribution is -2.11. The van der Waals surface area contributed by atoms with E-state index in [2.05, 4.69) is 5.32 Å². The SMILES string of the molecule is O=C(Nc1ccccc1)c1cc(Cl)c2ccccc2c1. The van der Waals surface area contributed by atoms with Crippen LogP contribution in [0.5, 0.6) is 0 Å². The number of para-hydroxylation sites is 1. The third-order valence-electron chi connectivity index (χ3n) is 3.11. The van der Waals surface area contributed by atoms with Crippen molar-refractivity contribution >= 4 is 34.0 Å². The lowest BCUT2D eigenvalue weighted by molar-refractivity contribution is 0.102. The maximum Gasteiger partial charge on any atom is 0.255 e. The van der Waals surface area contributed by atoms with E-state index in [1.807, 2.05) is 60.7 Å². The van der Waals surface area contributed by atoms with Crippen molar-refractivity contribution in [2.75, 3.05) is 5.32 Å². The zero-order chi connectivity index (χ0) is 13.9. The summed E-state index contributed by atoms with van der Waals surface area (Å²) in [7, 11) is 0. The third-order valence-corrected chi connectivity index (χ3v) is 3.42. The lowest BCUT2D eigenvalue weighted by Gasteiger charge is -2.07. The number of rotatable bonds is 2. The van der Waals surface area contributed by atoms with Gasteiger partial charge in [-0.05, 0) is 29.7 Å². The molecule has 2 nitrogen and oxygen atoms in total. The molecule has 3 heteroatoms. The minimum Gasteiger partial charge on any atom is -0.322 e. The van der Waals surface area contributed by atoms with Gasteiger partial charge in [0.1, 0.15) is 0 Å². The molecule has 0 fully saturated rings. The van der Waals surface area contributed by atoms with Crippen LogP contribution < -0.4 is 5.32 Å². The van der Waals surface area contributed by atoms with Crippen LogP contribution in [-0.2, 0) is 0 Å². The molecule has 0 aliphatic rings. The Morgan fingerprint density at radius 3 is 2.40 bits per heavy atom. The Morgan fingerprint density at radius 2 is 1.60 bits per heavy atom. The van der Waals surface area contributed by atoms with Crippen molar-refractivity contribution in [2.45, 2.75) is 0 Å². The van der Waals surface area contributed by atoms with E-state index in [1.165, 1.54) is 0 Å². The molecule has 20 heavy (non-hydrogen) atoms. The van der Waals surface area contributed by atoms with E-state index < -0.39 is 0 Å². The Morgan fingerprint density at radius 1 is 0.900 bits per heavy atom. The van der Waals surface area contributed by atoms with E-state index in [-0.39, 0.29) is 5.91 Å². The number of fused-ring (bicyclic) bond motifs is 1. The number of halogens is 1. The maximum absolute atomic E-state index is 12.2. The summed E-state index contributed by atoms with van der Waals surface area (Å²) >= 11 is 6.23. The van der Waals surface area contributed by atoms with Gasteiger partial charge in [-0.3, -0.25) is 4.79 Å². The number of hydrogen-bond acceptors (Lipinski definition) is 1. The molecular formula is C17H12ClNO. The molecule has 0 saturated heterocycles. The van der Waals surface area contributed by atoms with E-state index in [1.54, 1.807) is 6.07 Å². The zero-order valence-corrected chi connectivity index (χ0v) is 11.4. The molecule has 3 rings (SSSR count). The highest BCUT2D eigenvalue weighted by molar-refractivity contribution is 6.36. The van der Waals surface area contributed by atoms with Gasteiger partial charge in [0, 0.05) is 21.7 Å². The minimum absolute atomic E-state index is 0.163. The second kappa shape index (κ2) is 5.35. The molecular weight excluding hydrogens is 270 g/mol. The molecule has 0 atom stereocenters. The van der Waals surface area contributed by atoms with E-state index in [0.717, 1.165) is 16.5 Å². The monoisotopic (exact) mass is 281 g/mol. The molecule has 3 aromatic rings. The van der Waals surface area contributed by atoms with Gasteiger partial charge in [-0.2, -0.15) is 0 Å². The van der Waals surface area contributed by atoms with E-state index in [4.69, 9.17) is 11.6 Å². The molecule has 0 bridgehead atoms. The molecule has 1 N–H and O–H groups in total. The second-order valence-corrected chi connectivity index (χ2v) is 4.91. The van der Waals surface area contributed by atoms with E-state index in [9.17, 15) is 4.79 Å². The standard InChI is InChI=1S/C17H12ClNO/c18-16-11-13(10-12-6-4-5-9-15(12)16)17(20)19-14-7-2-1-3-8-14/h1-11H,(H,19,20). The first kappa shape index (κ1) is 12.7. The number of carbonyl (C=O) groups excluding carboxylic acids is 1. The van der Waals surface area contributed by atoms with Crippen LogP contribution in [0.4, 0.5) is 5.69 Å². The molecule has 3 aromatic carbocycles. The predicted octanol–water partition coefficient (Wildman–Crippen LogP) is 4.75. The number of nitrogens with one attached hydrogen (secondary N) is 1. The topological polar surface area (TPSA) is 29.1 Å². The summed E-state index contributed by atoms with van der Waals surface area (Å²) in [5.74, 6) is -0.163. The average molecular weight is 282 g/mol. The van der Waals surface area contributed by atoms with Crippen LogP contribution in [0.25, 0.3) is 10.8 Å². The molecule has 0 spiro atoms. The molecule has 0 aliphatic heterocycles. The quantitative estimate of drug-likeness (QED) is 0.722. The van der Waals surface area contributed by atoms with Crippen molar-refractivity contribution in [3.05, 3.63) is 77.3 Å². The Labute approximate surface area is 122 Å². The van der Waals surface area contributed by atoms with Crippen LogP contribution in [-0.4, -0.2) is 5.91 Å². The highest BCUT2D eigenvalue weighted by Gasteiger charge is 2.09. The first-order valence-corrected chi connectivity index (χ1v) is 6.66. The Kier molecular flexibility index (Phi) is 3.40. The van der Waals surface area contributed by atoms with Gasteiger partial charge in [0.15, 0.2) is 0 Å². The van der Waals surface area contributed by atoms with Crippen LogP contribution >= 0.6 is 11.6 Å². The summed E-state index contributed by atoms with van der Waals surface area (Å²) in [6, 6.07) is 20.6.